The Morgan fingerprint density at radius 3 is 2.60 bits per heavy atom. The molecular weight excluding hydrogens is 346 g/mol. The van der Waals surface area contributed by atoms with Gasteiger partial charge in [-0.05, 0) is 37.1 Å². The van der Waals surface area contributed by atoms with Gasteiger partial charge in [0.05, 0.1) is 24.3 Å². The van der Waals surface area contributed by atoms with Crippen molar-refractivity contribution < 1.29 is 14.5 Å². The van der Waals surface area contributed by atoms with E-state index in [1.54, 1.807) is 25.1 Å². The summed E-state index contributed by atoms with van der Waals surface area (Å²) in [7, 11) is 1.50. The molecule has 0 aliphatic carbocycles. The molecule has 0 unspecified atom stereocenters. The fourth-order valence-electron chi connectivity index (χ4n) is 2.24. The number of halogens is 1. The van der Waals surface area contributed by atoms with Crippen LogP contribution in [0, 0.1) is 24.0 Å². The van der Waals surface area contributed by atoms with Gasteiger partial charge in [0.1, 0.15) is 11.4 Å². The van der Waals surface area contributed by atoms with Gasteiger partial charge in [-0.2, -0.15) is 0 Å². The maximum Gasteiger partial charge on any atom is 0.293 e. The SMILES string of the molecule is COc1cc(Cl)c(C)cc1NCC(=O)Nc1ccc(C)cc1[N+](=O)[O-]. The molecule has 132 valence electrons. The molecule has 0 aromatic heterocycles. The van der Waals surface area contributed by atoms with Crippen molar-refractivity contribution in [3.05, 3.63) is 56.6 Å². The fourth-order valence-corrected chi connectivity index (χ4v) is 2.39. The molecule has 8 heteroatoms. The highest BCUT2D eigenvalue weighted by atomic mass is 35.5. The Hall–Kier alpha value is -2.80. The summed E-state index contributed by atoms with van der Waals surface area (Å²) in [4.78, 5) is 22.7. The monoisotopic (exact) mass is 363 g/mol. The molecule has 2 aromatic carbocycles. The zero-order chi connectivity index (χ0) is 18.6. The number of carbonyl (C=O) groups is 1. The second kappa shape index (κ2) is 7.85. The molecule has 0 aliphatic rings. The normalized spacial score (nSPS) is 10.2. The van der Waals surface area contributed by atoms with E-state index in [-0.39, 0.29) is 17.9 Å². The highest BCUT2D eigenvalue weighted by molar-refractivity contribution is 6.31. The van der Waals surface area contributed by atoms with Crippen LogP contribution in [0.1, 0.15) is 11.1 Å². The van der Waals surface area contributed by atoms with Crippen LogP contribution in [0.3, 0.4) is 0 Å². The van der Waals surface area contributed by atoms with Crippen LogP contribution in [0.2, 0.25) is 5.02 Å². The highest BCUT2D eigenvalue weighted by Crippen LogP contribution is 2.31. The van der Waals surface area contributed by atoms with Crippen molar-refractivity contribution in [1.29, 1.82) is 0 Å². The van der Waals surface area contributed by atoms with Gasteiger partial charge in [0, 0.05) is 17.2 Å². The molecule has 0 heterocycles. The molecule has 25 heavy (non-hydrogen) atoms. The Kier molecular flexibility index (Phi) is 5.82. The number of nitrogens with one attached hydrogen (secondary N) is 2. The van der Waals surface area contributed by atoms with E-state index >= 15 is 0 Å². The Bertz CT molecular complexity index is 824. The second-order valence-corrected chi connectivity index (χ2v) is 5.89. The van der Waals surface area contributed by atoms with Gasteiger partial charge < -0.3 is 15.4 Å². The van der Waals surface area contributed by atoms with Crippen molar-refractivity contribution >= 4 is 34.6 Å². The van der Waals surface area contributed by atoms with E-state index in [1.165, 1.54) is 19.2 Å². The molecule has 0 radical (unpaired) electrons. The van der Waals surface area contributed by atoms with E-state index in [2.05, 4.69) is 10.6 Å². The van der Waals surface area contributed by atoms with Crippen LogP contribution in [0.4, 0.5) is 17.1 Å². The summed E-state index contributed by atoms with van der Waals surface area (Å²) in [5, 5.41) is 17.1. The number of nitro benzene ring substituents is 1. The number of rotatable bonds is 6. The standard InChI is InChI=1S/C17H18ClN3O4/c1-10-4-5-13(15(6-10)21(23)24)20-17(22)9-19-14-7-11(2)12(18)8-16(14)25-3/h4-8,19H,9H2,1-3H3,(H,20,22). The van der Waals surface area contributed by atoms with Gasteiger partial charge in [0.25, 0.3) is 5.69 Å². The minimum absolute atomic E-state index is 0.0809. The lowest BCUT2D eigenvalue weighted by molar-refractivity contribution is -0.384. The minimum Gasteiger partial charge on any atom is -0.495 e. The van der Waals surface area contributed by atoms with Gasteiger partial charge in [-0.1, -0.05) is 17.7 Å². The van der Waals surface area contributed by atoms with Crippen molar-refractivity contribution in [2.75, 3.05) is 24.3 Å². The Balaban J connectivity index is 2.10. The van der Waals surface area contributed by atoms with E-state index in [0.717, 1.165) is 11.1 Å². The van der Waals surface area contributed by atoms with Gasteiger partial charge in [-0.15, -0.1) is 0 Å². The van der Waals surface area contributed by atoms with Crippen molar-refractivity contribution in [3.63, 3.8) is 0 Å². The number of ether oxygens (including phenoxy) is 1. The van der Waals surface area contributed by atoms with Crippen LogP contribution in [0.5, 0.6) is 5.75 Å². The lowest BCUT2D eigenvalue weighted by atomic mass is 10.2. The number of hydrogen-bond acceptors (Lipinski definition) is 5. The topological polar surface area (TPSA) is 93.5 Å². The van der Waals surface area contributed by atoms with Crippen LogP contribution in [-0.2, 0) is 4.79 Å². The molecular formula is C17H18ClN3O4. The Morgan fingerprint density at radius 1 is 1.24 bits per heavy atom. The maximum atomic E-state index is 12.1. The number of aryl methyl sites for hydroxylation is 2. The average molecular weight is 364 g/mol. The zero-order valence-corrected chi connectivity index (χ0v) is 14.8. The molecule has 0 saturated carbocycles. The number of nitro groups is 1. The number of amides is 1. The Morgan fingerprint density at radius 2 is 1.96 bits per heavy atom. The molecule has 1 amide bonds. The molecule has 0 bridgehead atoms. The van der Waals surface area contributed by atoms with E-state index in [0.29, 0.717) is 16.5 Å². The molecule has 0 saturated heterocycles. The van der Waals surface area contributed by atoms with Crippen molar-refractivity contribution in [3.8, 4) is 5.75 Å². The van der Waals surface area contributed by atoms with Crippen LogP contribution in [0.25, 0.3) is 0 Å². The summed E-state index contributed by atoms with van der Waals surface area (Å²) < 4.78 is 5.23. The van der Waals surface area contributed by atoms with Gasteiger partial charge in [0.15, 0.2) is 0 Å². The summed E-state index contributed by atoms with van der Waals surface area (Å²) in [6, 6.07) is 8.04. The van der Waals surface area contributed by atoms with Gasteiger partial charge in [0.2, 0.25) is 5.91 Å². The van der Waals surface area contributed by atoms with E-state index < -0.39 is 10.8 Å². The van der Waals surface area contributed by atoms with Crippen LogP contribution in [0.15, 0.2) is 30.3 Å². The largest absolute Gasteiger partial charge is 0.495 e. The summed E-state index contributed by atoms with van der Waals surface area (Å²) >= 11 is 6.04. The number of carbonyl (C=O) groups excluding carboxylic acids is 1. The van der Waals surface area contributed by atoms with Crippen LogP contribution >= 0.6 is 11.6 Å². The summed E-state index contributed by atoms with van der Waals surface area (Å²) in [6.45, 7) is 3.50. The first-order valence-corrected chi connectivity index (χ1v) is 7.82. The summed E-state index contributed by atoms with van der Waals surface area (Å²) in [5.41, 5.74) is 2.19. The third kappa shape index (κ3) is 4.60. The first-order valence-electron chi connectivity index (χ1n) is 7.44. The zero-order valence-electron chi connectivity index (χ0n) is 14.1. The lowest BCUT2D eigenvalue weighted by Gasteiger charge is -2.13. The Labute approximate surface area is 150 Å². The van der Waals surface area contributed by atoms with Gasteiger partial charge >= 0.3 is 0 Å². The minimum atomic E-state index is -0.526. The third-order valence-electron chi connectivity index (χ3n) is 3.54. The number of benzene rings is 2. The van der Waals surface area contributed by atoms with Crippen molar-refractivity contribution in [1.82, 2.24) is 0 Å². The summed E-state index contributed by atoms with van der Waals surface area (Å²) in [5.74, 6) is 0.0892. The highest BCUT2D eigenvalue weighted by Gasteiger charge is 2.16. The van der Waals surface area contributed by atoms with E-state index in [1.807, 2.05) is 6.92 Å². The summed E-state index contributed by atoms with van der Waals surface area (Å²) in [6.07, 6.45) is 0. The van der Waals surface area contributed by atoms with E-state index in [4.69, 9.17) is 16.3 Å². The number of hydrogen-bond donors (Lipinski definition) is 2. The lowest BCUT2D eigenvalue weighted by Crippen LogP contribution is -2.22. The first-order chi connectivity index (χ1) is 11.8. The van der Waals surface area contributed by atoms with Crippen LogP contribution < -0.4 is 15.4 Å². The molecule has 0 fully saturated rings. The molecule has 0 spiro atoms. The number of nitrogens with zero attached hydrogens (tertiary/aromatic N) is 1. The van der Waals surface area contributed by atoms with Gasteiger partial charge in [-0.3, -0.25) is 14.9 Å². The number of methoxy groups -OCH3 is 1. The van der Waals surface area contributed by atoms with Gasteiger partial charge in [-0.25, -0.2) is 0 Å². The molecule has 2 N–H and O–H groups in total. The first kappa shape index (κ1) is 18.5. The molecule has 0 atom stereocenters. The molecule has 0 aliphatic heterocycles. The third-order valence-corrected chi connectivity index (χ3v) is 3.95. The predicted octanol–water partition coefficient (Wildman–Crippen LogP) is 3.92. The molecule has 2 rings (SSSR count). The smallest absolute Gasteiger partial charge is 0.293 e. The molecule has 2 aromatic rings. The second-order valence-electron chi connectivity index (χ2n) is 5.48. The number of anilines is 2. The molecule has 7 nitrogen and oxygen atoms in total. The van der Waals surface area contributed by atoms with Crippen molar-refractivity contribution in [2.45, 2.75) is 13.8 Å². The van der Waals surface area contributed by atoms with Crippen LogP contribution in [-0.4, -0.2) is 24.5 Å². The fraction of sp³-hybridized carbons (Fsp3) is 0.235. The predicted molar refractivity (Wildman–Crippen MR) is 97.7 cm³/mol. The quantitative estimate of drug-likeness (QED) is 0.599. The van der Waals surface area contributed by atoms with Crippen molar-refractivity contribution in [2.24, 2.45) is 0 Å². The average Bonchev–Trinajstić information content (AvgIpc) is 2.56. The van der Waals surface area contributed by atoms with E-state index in [9.17, 15) is 14.9 Å². The maximum absolute atomic E-state index is 12.1.